The summed E-state index contributed by atoms with van der Waals surface area (Å²) in [6.45, 7) is 3.95. The van der Waals surface area contributed by atoms with Crippen molar-refractivity contribution in [1.29, 1.82) is 0 Å². The lowest BCUT2D eigenvalue weighted by Gasteiger charge is -2.13. The summed E-state index contributed by atoms with van der Waals surface area (Å²) in [5, 5.41) is 18.4. The van der Waals surface area contributed by atoms with E-state index >= 15 is 0 Å². The third-order valence-electron chi connectivity index (χ3n) is 4.80. The van der Waals surface area contributed by atoms with Gasteiger partial charge in [0, 0.05) is 34.1 Å². The number of nitrogens with zero attached hydrogens (tertiary/aromatic N) is 3. The minimum absolute atomic E-state index is 0.160. The maximum absolute atomic E-state index is 12.8. The molecule has 2 heterocycles. The van der Waals surface area contributed by atoms with Crippen molar-refractivity contribution in [3.8, 4) is 5.69 Å². The average Bonchev–Trinajstić information content (AvgIpc) is 3.19. The number of anilines is 1. The molecule has 4 rings (SSSR count). The summed E-state index contributed by atoms with van der Waals surface area (Å²) >= 11 is 0. The Balaban J connectivity index is 1.77. The molecule has 3 aromatic rings. The number of hydrogen-bond donors (Lipinski definition) is 1. The summed E-state index contributed by atoms with van der Waals surface area (Å²) in [5.41, 5.74) is 4.34. The van der Waals surface area contributed by atoms with Crippen molar-refractivity contribution in [3.63, 3.8) is 0 Å². The minimum Gasteiger partial charge on any atom is -0.306 e. The smallest absolute Gasteiger partial charge is 0.270 e. The molecule has 0 bridgehead atoms. The van der Waals surface area contributed by atoms with E-state index in [1.165, 1.54) is 24.3 Å². The Morgan fingerprint density at radius 1 is 1.21 bits per heavy atom. The summed E-state index contributed by atoms with van der Waals surface area (Å²) in [5.74, 6) is 0.618. The first-order valence-electron chi connectivity index (χ1n) is 8.92. The van der Waals surface area contributed by atoms with Gasteiger partial charge in [-0.05, 0) is 31.5 Å². The van der Waals surface area contributed by atoms with Crippen molar-refractivity contribution in [2.24, 2.45) is 0 Å². The summed E-state index contributed by atoms with van der Waals surface area (Å²) in [4.78, 5) is 23.3. The van der Waals surface area contributed by atoms with E-state index in [0.29, 0.717) is 23.0 Å². The van der Waals surface area contributed by atoms with E-state index in [4.69, 9.17) is 0 Å². The molecule has 0 aliphatic carbocycles. The fraction of sp³-hybridized carbons (Fsp3) is 0.200. The van der Waals surface area contributed by atoms with Crippen molar-refractivity contribution < 1.29 is 13.9 Å². The molecule has 29 heavy (non-hydrogen) atoms. The molecule has 1 amide bonds. The Morgan fingerprint density at radius 2 is 2.00 bits per heavy atom. The maximum atomic E-state index is 12.8. The van der Waals surface area contributed by atoms with E-state index in [0.717, 1.165) is 22.4 Å². The van der Waals surface area contributed by atoms with E-state index in [1.54, 1.807) is 4.68 Å². The first-order valence-corrected chi connectivity index (χ1v) is 10.4. The zero-order valence-electron chi connectivity index (χ0n) is 15.8. The van der Waals surface area contributed by atoms with Crippen LogP contribution >= 0.6 is 0 Å². The van der Waals surface area contributed by atoms with Crippen molar-refractivity contribution >= 4 is 28.2 Å². The van der Waals surface area contributed by atoms with Gasteiger partial charge in [0.2, 0.25) is 0 Å². The lowest BCUT2D eigenvalue weighted by atomic mass is 10.1. The number of nitrogens with one attached hydrogen (secondary N) is 1. The second kappa shape index (κ2) is 7.25. The van der Waals surface area contributed by atoms with Crippen molar-refractivity contribution in [2.75, 3.05) is 5.32 Å². The van der Waals surface area contributed by atoms with Crippen molar-refractivity contribution in [3.05, 3.63) is 80.5 Å². The third kappa shape index (κ3) is 3.56. The Bertz CT molecular complexity index is 1190. The van der Waals surface area contributed by atoms with Gasteiger partial charge < -0.3 is 5.32 Å². The van der Waals surface area contributed by atoms with Gasteiger partial charge in [-0.15, -0.1) is 0 Å². The first kappa shape index (κ1) is 19.0. The maximum Gasteiger partial charge on any atom is 0.270 e. The minimum atomic E-state index is -1.06. The first-order chi connectivity index (χ1) is 13.8. The molecule has 148 valence electrons. The normalized spacial score (nSPS) is 15.2. The Labute approximate surface area is 169 Å². The van der Waals surface area contributed by atoms with Crippen LogP contribution in [0.3, 0.4) is 0 Å². The van der Waals surface area contributed by atoms with Gasteiger partial charge in [-0.2, -0.15) is 5.10 Å². The van der Waals surface area contributed by atoms with Crippen LogP contribution in [0.15, 0.2) is 42.5 Å². The number of non-ortho nitro benzene ring substituents is 1. The summed E-state index contributed by atoms with van der Waals surface area (Å²) in [6.07, 6.45) is 0. The summed E-state index contributed by atoms with van der Waals surface area (Å²) < 4.78 is 13.7. The monoisotopic (exact) mass is 410 g/mol. The Morgan fingerprint density at radius 3 is 2.72 bits per heavy atom. The molecule has 1 aliphatic heterocycles. The fourth-order valence-corrected chi connectivity index (χ4v) is 4.68. The molecule has 1 aromatic heterocycles. The highest BCUT2D eigenvalue weighted by molar-refractivity contribution is 7.83. The zero-order chi connectivity index (χ0) is 20.7. The van der Waals surface area contributed by atoms with Gasteiger partial charge in [0.25, 0.3) is 11.6 Å². The number of fused-ring (bicyclic) bond motifs is 1. The van der Waals surface area contributed by atoms with Gasteiger partial charge in [-0.3, -0.25) is 19.1 Å². The number of rotatable bonds is 4. The van der Waals surface area contributed by atoms with Crippen LogP contribution in [0.4, 0.5) is 11.5 Å². The number of amides is 1. The van der Waals surface area contributed by atoms with E-state index < -0.39 is 21.6 Å². The molecule has 0 fully saturated rings. The van der Waals surface area contributed by atoms with Crippen LogP contribution in [-0.2, 0) is 22.3 Å². The molecule has 2 aromatic carbocycles. The molecule has 0 spiro atoms. The molecular formula is C20H18N4O4S. The molecule has 1 N–H and O–H groups in total. The highest BCUT2D eigenvalue weighted by Crippen LogP contribution is 2.32. The van der Waals surface area contributed by atoms with Gasteiger partial charge in [-0.25, -0.2) is 4.68 Å². The lowest BCUT2D eigenvalue weighted by molar-refractivity contribution is -0.384. The predicted molar refractivity (Wildman–Crippen MR) is 110 cm³/mol. The Hall–Kier alpha value is -3.33. The third-order valence-corrected chi connectivity index (χ3v) is 6.01. The highest BCUT2D eigenvalue weighted by atomic mass is 32.2. The second-order valence-electron chi connectivity index (χ2n) is 6.97. The van der Waals surface area contributed by atoms with E-state index in [-0.39, 0.29) is 11.3 Å². The average molecular weight is 410 g/mol. The quantitative estimate of drug-likeness (QED) is 0.524. The van der Waals surface area contributed by atoms with Crippen molar-refractivity contribution in [1.82, 2.24) is 9.78 Å². The molecule has 0 saturated carbocycles. The molecular weight excluding hydrogens is 392 g/mol. The number of nitro benzene ring substituents is 1. The van der Waals surface area contributed by atoms with Gasteiger partial charge in [0.1, 0.15) is 5.82 Å². The number of nitro groups is 1. The number of carbonyl (C=O) groups is 1. The second-order valence-corrected chi connectivity index (χ2v) is 8.42. The number of aryl methyl sites for hydroxylation is 2. The highest BCUT2D eigenvalue weighted by Gasteiger charge is 2.29. The van der Waals surface area contributed by atoms with Gasteiger partial charge in [0.05, 0.1) is 27.8 Å². The van der Waals surface area contributed by atoms with Crippen LogP contribution in [-0.4, -0.2) is 24.8 Å². The van der Waals surface area contributed by atoms with Crippen LogP contribution in [0.25, 0.3) is 5.69 Å². The molecule has 1 atom stereocenters. The fourth-order valence-electron chi connectivity index (χ4n) is 3.41. The van der Waals surface area contributed by atoms with Crippen LogP contribution < -0.4 is 5.32 Å². The number of carbonyl (C=O) groups excluding carboxylic acids is 1. The van der Waals surface area contributed by atoms with Gasteiger partial charge in [-0.1, -0.05) is 23.8 Å². The zero-order valence-corrected chi connectivity index (χ0v) is 16.7. The molecule has 0 unspecified atom stereocenters. The largest absolute Gasteiger partial charge is 0.306 e. The van der Waals surface area contributed by atoms with Gasteiger partial charge >= 0.3 is 0 Å². The van der Waals surface area contributed by atoms with Gasteiger partial charge in [0.15, 0.2) is 0 Å². The van der Waals surface area contributed by atoms with E-state index in [1.807, 2.05) is 32.0 Å². The van der Waals surface area contributed by atoms with Crippen LogP contribution in [0.5, 0.6) is 0 Å². The standard InChI is InChI=1S/C20H18N4O4S/c1-12-6-7-18(13(2)8-12)23-19(16-10-29(28)11-17(16)22-23)21-20(25)14-4-3-5-15(9-14)24(26)27/h3-9H,10-11H2,1-2H3,(H,21,25)/t29-/m0/s1. The topological polar surface area (TPSA) is 107 Å². The van der Waals surface area contributed by atoms with Crippen LogP contribution in [0, 0.1) is 24.0 Å². The SMILES string of the molecule is Cc1ccc(-n2nc3c(c2NC(=O)c2cccc([N+](=O)[O-])c2)C[S@](=O)C3)c(C)c1. The molecule has 0 radical (unpaired) electrons. The van der Waals surface area contributed by atoms with E-state index in [2.05, 4.69) is 10.4 Å². The number of hydrogen-bond acceptors (Lipinski definition) is 5. The van der Waals surface area contributed by atoms with Crippen LogP contribution in [0.1, 0.15) is 32.7 Å². The van der Waals surface area contributed by atoms with E-state index in [9.17, 15) is 19.1 Å². The van der Waals surface area contributed by atoms with Crippen LogP contribution in [0.2, 0.25) is 0 Å². The molecule has 8 nitrogen and oxygen atoms in total. The Kier molecular flexibility index (Phi) is 4.75. The molecule has 9 heteroatoms. The number of benzene rings is 2. The predicted octanol–water partition coefficient (Wildman–Crippen LogP) is 3.41. The van der Waals surface area contributed by atoms with Crippen molar-refractivity contribution in [2.45, 2.75) is 25.4 Å². The lowest BCUT2D eigenvalue weighted by Crippen LogP contribution is -2.17. The number of aromatic nitrogens is 2. The molecule has 1 aliphatic rings. The summed E-state index contributed by atoms with van der Waals surface area (Å²) in [6, 6.07) is 11.4. The summed E-state index contributed by atoms with van der Waals surface area (Å²) in [7, 11) is -1.06. The molecule has 0 saturated heterocycles.